The largest absolute Gasteiger partial charge is 0.494 e. The standard InChI is InChI=1S/C18H21NO2S/c1-3-21-17-11-9-16(10-12-17)19-18(20)14(2)22-13-15-7-5-4-6-8-15/h4-12,14H,3,13H2,1-2H3,(H,19,20)/t14-/m1/s1. The molecule has 2 aromatic rings. The summed E-state index contributed by atoms with van der Waals surface area (Å²) in [7, 11) is 0. The van der Waals surface area contributed by atoms with E-state index in [1.54, 1.807) is 11.8 Å². The van der Waals surface area contributed by atoms with Crippen LogP contribution in [0, 0.1) is 0 Å². The number of nitrogens with one attached hydrogen (secondary N) is 1. The summed E-state index contributed by atoms with van der Waals surface area (Å²) in [5.41, 5.74) is 2.02. The number of hydrogen-bond acceptors (Lipinski definition) is 3. The smallest absolute Gasteiger partial charge is 0.237 e. The third kappa shape index (κ3) is 5.11. The van der Waals surface area contributed by atoms with E-state index in [1.165, 1.54) is 5.56 Å². The third-order valence-electron chi connectivity index (χ3n) is 3.14. The summed E-state index contributed by atoms with van der Waals surface area (Å²) in [5, 5.41) is 2.83. The lowest BCUT2D eigenvalue weighted by atomic mass is 10.2. The molecule has 0 saturated heterocycles. The Morgan fingerprint density at radius 1 is 1.14 bits per heavy atom. The van der Waals surface area contributed by atoms with Gasteiger partial charge in [0, 0.05) is 11.4 Å². The number of benzene rings is 2. The predicted molar refractivity (Wildman–Crippen MR) is 93.4 cm³/mol. The van der Waals surface area contributed by atoms with Gasteiger partial charge in [-0.1, -0.05) is 30.3 Å². The van der Waals surface area contributed by atoms with Gasteiger partial charge < -0.3 is 10.1 Å². The zero-order chi connectivity index (χ0) is 15.8. The molecule has 0 fully saturated rings. The fourth-order valence-corrected chi connectivity index (χ4v) is 2.76. The number of amides is 1. The molecule has 4 heteroatoms. The highest BCUT2D eigenvalue weighted by atomic mass is 32.2. The van der Waals surface area contributed by atoms with Crippen molar-refractivity contribution in [3.8, 4) is 5.75 Å². The zero-order valence-electron chi connectivity index (χ0n) is 12.9. The van der Waals surface area contributed by atoms with Gasteiger partial charge in [0.05, 0.1) is 11.9 Å². The van der Waals surface area contributed by atoms with Crippen molar-refractivity contribution in [1.82, 2.24) is 0 Å². The highest BCUT2D eigenvalue weighted by molar-refractivity contribution is 7.99. The van der Waals surface area contributed by atoms with Crippen LogP contribution in [0.3, 0.4) is 0 Å². The summed E-state index contributed by atoms with van der Waals surface area (Å²) >= 11 is 1.63. The average molecular weight is 315 g/mol. The molecule has 0 spiro atoms. The maximum Gasteiger partial charge on any atom is 0.237 e. The van der Waals surface area contributed by atoms with Gasteiger partial charge in [0.25, 0.3) is 0 Å². The first-order valence-corrected chi connectivity index (χ1v) is 8.43. The van der Waals surface area contributed by atoms with Crippen molar-refractivity contribution < 1.29 is 9.53 Å². The summed E-state index contributed by atoms with van der Waals surface area (Å²) in [6, 6.07) is 17.6. The molecule has 0 aliphatic carbocycles. The van der Waals surface area contributed by atoms with Crippen LogP contribution >= 0.6 is 11.8 Å². The fraction of sp³-hybridized carbons (Fsp3) is 0.278. The molecular formula is C18H21NO2S. The van der Waals surface area contributed by atoms with Gasteiger partial charge in [-0.3, -0.25) is 4.79 Å². The van der Waals surface area contributed by atoms with E-state index in [9.17, 15) is 4.79 Å². The van der Waals surface area contributed by atoms with Crippen molar-refractivity contribution in [3.05, 3.63) is 60.2 Å². The van der Waals surface area contributed by atoms with E-state index >= 15 is 0 Å². The molecule has 0 radical (unpaired) electrons. The Hall–Kier alpha value is -1.94. The van der Waals surface area contributed by atoms with Crippen molar-refractivity contribution >= 4 is 23.4 Å². The van der Waals surface area contributed by atoms with Gasteiger partial charge in [0.1, 0.15) is 5.75 Å². The fourth-order valence-electron chi connectivity index (χ4n) is 1.92. The zero-order valence-corrected chi connectivity index (χ0v) is 13.7. The summed E-state index contributed by atoms with van der Waals surface area (Å²) in [4.78, 5) is 12.2. The van der Waals surface area contributed by atoms with E-state index in [0.29, 0.717) is 6.61 Å². The van der Waals surface area contributed by atoms with Crippen LogP contribution in [0.2, 0.25) is 0 Å². The lowest BCUT2D eigenvalue weighted by molar-refractivity contribution is -0.115. The maximum atomic E-state index is 12.2. The van der Waals surface area contributed by atoms with Crippen LogP contribution in [-0.2, 0) is 10.5 Å². The number of anilines is 1. The number of carbonyl (C=O) groups excluding carboxylic acids is 1. The highest BCUT2D eigenvalue weighted by Gasteiger charge is 2.13. The Labute approximate surface area is 136 Å². The summed E-state index contributed by atoms with van der Waals surface area (Å²) in [6.07, 6.45) is 0. The maximum absolute atomic E-state index is 12.2. The molecule has 0 aliphatic heterocycles. The number of carbonyl (C=O) groups is 1. The van der Waals surface area contributed by atoms with Gasteiger partial charge in [0.2, 0.25) is 5.91 Å². The van der Waals surface area contributed by atoms with Crippen LogP contribution in [0.5, 0.6) is 5.75 Å². The molecule has 0 bridgehead atoms. The minimum absolute atomic E-state index is 0.0186. The first kappa shape index (κ1) is 16.4. The van der Waals surface area contributed by atoms with Crippen molar-refractivity contribution in [1.29, 1.82) is 0 Å². The SMILES string of the molecule is CCOc1ccc(NC(=O)[C@@H](C)SCc2ccccc2)cc1. The number of thioether (sulfide) groups is 1. The third-order valence-corrected chi connectivity index (χ3v) is 4.36. The molecule has 0 aromatic heterocycles. The molecule has 0 heterocycles. The molecule has 0 saturated carbocycles. The molecule has 116 valence electrons. The van der Waals surface area contributed by atoms with E-state index in [4.69, 9.17) is 4.74 Å². The monoisotopic (exact) mass is 315 g/mol. The molecule has 0 unspecified atom stereocenters. The second kappa shape index (κ2) is 8.49. The molecule has 1 amide bonds. The van der Waals surface area contributed by atoms with Crippen LogP contribution in [0.4, 0.5) is 5.69 Å². The minimum Gasteiger partial charge on any atom is -0.494 e. The normalized spacial score (nSPS) is 11.7. The lowest BCUT2D eigenvalue weighted by Gasteiger charge is -2.12. The second-order valence-electron chi connectivity index (χ2n) is 4.89. The molecule has 22 heavy (non-hydrogen) atoms. The Morgan fingerprint density at radius 2 is 1.82 bits per heavy atom. The summed E-state index contributed by atoms with van der Waals surface area (Å²) in [6.45, 7) is 4.51. The van der Waals surface area contributed by atoms with Crippen LogP contribution < -0.4 is 10.1 Å². The summed E-state index contributed by atoms with van der Waals surface area (Å²) in [5.74, 6) is 1.66. The predicted octanol–water partition coefficient (Wildman–Crippen LogP) is 4.35. The van der Waals surface area contributed by atoms with Crippen molar-refractivity contribution in [2.45, 2.75) is 24.9 Å². The Morgan fingerprint density at radius 3 is 2.45 bits per heavy atom. The van der Waals surface area contributed by atoms with Gasteiger partial charge in [-0.2, -0.15) is 0 Å². The average Bonchev–Trinajstić information content (AvgIpc) is 2.55. The second-order valence-corrected chi connectivity index (χ2v) is 6.21. The molecule has 3 nitrogen and oxygen atoms in total. The molecule has 1 atom stereocenters. The number of rotatable bonds is 7. The molecule has 1 N–H and O–H groups in total. The molecule has 2 rings (SSSR count). The number of hydrogen-bond donors (Lipinski definition) is 1. The van der Waals surface area contributed by atoms with E-state index in [2.05, 4.69) is 17.4 Å². The van der Waals surface area contributed by atoms with Crippen LogP contribution in [0.15, 0.2) is 54.6 Å². The van der Waals surface area contributed by atoms with Crippen LogP contribution in [0.25, 0.3) is 0 Å². The van der Waals surface area contributed by atoms with E-state index in [0.717, 1.165) is 17.2 Å². The Kier molecular flexibility index (Phi) is 6.34. The van der Waals surface area contributed by atoms with Gasteiger partial charge in [-0.15, -0.1) is 11.8 Å². The number of ether oxygens (including phenoxy) is 1. The first-order valence-electron chi connectivity index (χ1n) is 7.38. The summed E-state index contributed by atoms with van der Waals surface area (Å²) < 4.78 is 5.38. The van der Waals surface area contributed by atoms with Gasteiger partial charge in [-0.05, 0) is 43.7 Å². The van der Waals surface area contributed by atoms with Gasteiger partial charge in [0.15, 0.2) is 0 Å². The van der Waals surface area contributed by atoms with Crippen LogP contribution in [-0.4, -0.2) is 17.8 Å². The Bertz CT molecular complexity index is 584. The lowest BCUT2D eigenvalue weighted by Crippen LogP contribution is -2.22. The van der Waals surface area contributed by atoms with E-state index in [-0.39, 0.29) is 11.2 Å². The van der Waals surface area contributed by atoms with Crippen molar-refractivity contribution in [2.24, 2.45) is 0 Å². The van der Waals surface area contributed by atoms with Gasteiger partial charge >= 0.3 is 0 Å². The minimum atomic E-state index is -0.105. The topological polar surface area (TPSA) is 38.3 Å². The molecular weight excluding hydrogens is 294 g/mol. The first-order chi connectivity index (χ1) is 10.7. The van der Waals surface area contributed by atoms with E-state index < -0.39 is 0 Å². The van der Waals surface area contributed by atoms with E-state index in [1.807, 2.05) is 56.3 Å². The van der Waals surface area contributed by atoms with Gasteiger partial charge in [-0.25, -0.2) is 0 Å². The highest BCUT2D eigenvalue weighted by Crippen LogP contribution is 2.20. The van der Waals surface area contributed by atoms with Crippen LogP contribution in [0.1, 0.15) is 19.4 Å². The molecule has 0 aliphatic rings. The van der Waals surface area contributed by atoms with Crippen molar-refractivity contribution in [3.63, 3.8) is 0 Å². The molecule has 2 aromatic carbocycles. The Balaban J connectivity index is 1.83. The quantitative estimate of drug-likeness (QED) is 0.825. The van der Waals surface area contributed by atoms with Crippen molar-refractivity contribution in [2.75, 3.05) is 11.9 Å².